The summed E-state index contributed by atoms with van der Waals surface area (Å²) in [5.41, 5.74) is 1.58. The van der Waals surface area contributed by atoms with Crippen molar-refractivity contribution in [3.63, 3.8) is 0 Å². The summed E-state index contributed by atoms with van der Waals surface area (Å²) in [5.74, 6) is 0.0764. The Labute approximate surface area is 126 Å². The zero-order valence-corrected chi connectivity index (χ0v) is 13.4. The van der Waals surface area contributed by atoms with E-state index in [2.05, 4.69) is 5.10 Å². The predicted octanol–water partition coefficient (Wildman–Crippen LogP) is 2.14. The molecule has 2 atom stereocenters. The molecule has 1 saturated heterocycles. The minimum absolute atomic E-state index is 0.0764. The highest BCUT2D eigenvalue weighted by atomic mass is 16.3. The van der Waals surface area contributed by atoms with Crippen molar-refractivity contribution in [3.05, 3.63) is 17.5 Å². The first-order valence-electron chi connectivity index (χ1n) is 8.04. The third kappa shape index (κ3) is 3.84. The highest BCUT2D eigenvalue weighted by Crippen LogP contribution is 2.23. The fourth-order valence-corrected chi connectivity index (χ4v) is 3.21. The Bertz CT molecular complexity index is 482. The van der Waals surface area contributed by atoms with E-state index < -0.39 is 0 Å². The SMILES string of the molecule is CCc1nn(C)cc1C(=O)N1CCCCCC1CC(C)O. The maximum atomic E-state index is 12.9. The van der Waals surface area contributed by atoms with Crippen molar-refractivity contribution < 1.29 is 9.90 Å². The van der Waals surface area contributed by atoms with Crippen LogP contribution < -0.4 is 0 Å². The molecule has 118 valence electrons. The van der Waals surface area contributed by atoms with Gasteiger partial charge in [-0.3, -0.25) is 9.48 Å². The number of aryl methyl sites for hydroxylation is 2. The molecule has 0 aliphatic carbocycles. The van der Waals surface area contributed by atoms with Crippen molar-refractivity contribution in [2.24, 2.45) is 7.05 Å². The number of amides is 1. The van der Waals surface area contributed by atoms with Crippen LogP contribution in [-0.2, 0) is 13.5 Å². The molecule has 1 aromatic heterocycles. The Hall–Kier alpha value is -1.36. The maximum Gasteiger partial charge on any atom is 0.257 e. The molecule has 1 fully saturated rings. The first-order valence-corrected chi connectivity index (χ1v) is 8.04. The number of likely N-dealkylation sites (tertiary alicyclic amines) is 1. The average molecular weight is 293 g/mol. The number of aliphatic hydroxyl groups is 1. The van der Waals surface area contributed by atoms with Gasteiger partial charge in [0.1, 0.15) is 0 Å². The van der Waals surface area contributed by atoms with Crippen molar-refractivity contribution in [2.75, 3.05) is 6.54 Å². The molecular weight excluding hydrogens is 266 g/mol. The van der Waals surface area contributed by atoms with E-state index in [1.807, 2.05) is 25.1 Å². The van der Waals surface area contributed by atoms with Crippen molar-refractivity contribution >= 4 is 5.91 Å². The molecule has 1 amide bonds. The zero-order chi connectivity index (χ0) is 15.4. The molecule has 0 aromatic carbocycles. The summed E-state index contributed by atoms with van der Waals surface area (Å²) in [7, 11) is 1.85. The predicted molar refractivity (Wildman–Crippen MR) is 82.2 cm³/mol. The normalized spacial score (nSPS) is 21.1. The molecule has 0 saturated carbocycles. The summed E-state index contributed by atoms with van der Waals surface area (Å²) in [4.78, 5) is 14.9. The van der Waals surface area contributed by atoms with Crippen molar-refractivity contribution in [1.82, 2.24) is 14.7 Å². The molecule has 0 radical (unpaired) electrons. The highest BCUT2D eigenvalue weighted by Gasteiger charge is 2.29. The Morgan fingerprint density at radius 3 is 2.90 bits per heavy atom. The van der Waals surface area contributed by atoms with Gasteiger partial charge in [-0.2, -0.15) is 5.10 Å². The summed E-state index contributed by atoms with van der Waals surface area (Å²) in [5, 5.41) is 14.1. The second-order valence-corrected chi connectivity index (χ2v) is 6.10. The molecule has 2 rings (SSSR count). The lowest BCUT2D eigenvalue weighted by atomic mass is 10.0. The van der Waals surface area contributed by atoms with Gasteiger partial charge in [0, 0.05) is 25.8 Å². The molecule has 2 heterocycles. The first-order chi connectivity index (χ1) is 10.0. The molecular formula is C16H27N3O2. The van der Waals surface area contributed by atoms with Gasteiger partial charge in [0.15, 0.2) is 0 Å². The number of hydrogen-bond acceptors (Lipinski definition) is 3. The molecule has 1 aromatic rings. The fourth-order valence-electron chi connectivity index (χ4n) is 3.21. The standard InChI is InChI=1S/C16H27N3O2/c1-4-15-14(11-18(3)17-15)16(21)19-9-7-5-6-8-13(19)10-12(2)20/h11-13,20H,4-10H2,1-3H3. The topological polar surface area (TPSA) is 58.4 Å². The van der Waals surface area contributed by atoms with Gasteiger partial charge in [-0.15, -0.1) is 0 Å². The van der Waals surface area contributed by atoms with E-state index in [9.17, 15) is 9.90 Å². The van der Waals surface area contributed by atoms with Crippen LogP contribution in [0.3, 0.4) is 0 Å². The van der Waals surface area contributed by atoms with Crippen LogP contribution in [0.1, 0.15) is 62.0 Å². The van der Waals surface area contributed by atoms with E-state index in [-0.39, 0.29) is 18.1 Å². The Kier molecular flexibility index (Phi) is 5.39. The van der Waals surface area contributed by atoms with E-state index in [1.54, 1.807) is 11.6 Å². The van der Waals surface area contributed by atoms with Crippen molar-refractivity contribution in [1.29, 1.82) is 0 Å². The molecule has 0 spiro atoms. The molecule has 21 heavy (non-hydrogen) atoms. The minimum Gasteiger partial charge on any atom is -0.393 e. The number of aromatic nitrogens is 2. The molecule has 2 unspecified atom stereocenters. The van der Waals surface area contributed by atoms with Crippen LogP contribution in [0.15, 0.2) is 6.20 Å². The second kappa shape index (κ2) is 7.07. The highest BCUT2D eigenvalue weighted by molar-refractivity contribution is 5.95. The third-order valence-electron chi connectivity index (χ3n) is 4.22. The van der Waals surface area contributed by atoms with Gasteiger partial charge >= 0.3 is 0 Å². The van der Waals surface area contributed by atoms with E-state index in [1.165, 1.54) is 0 Å². The lowest BCUT2D eigenvalue weighted by Gasteiger charge is -2.31. The number of hydrogen-bond donors (Lipinski definition) is 1. The summed E-state index contributed by atoms with van der Waals surface area (Å²) >= 11 is 0. The Morgan fingerprint density at radius 1 is 1.48 bits per heavy atom. The first kappa shape index (κ1) is 16.0. The molecule has 5 heteroatoms. The van der Waals surface area contributed by atoms with Crippen LogP contribution in [0.5, 0.6) is 0 Å². The summed E-state index contributed by atoms with van der Waals surface area (Å²) in [6.45, 7) is 4.61. The van der Waals surface area contributed by atoms with E-state index in [0.717, 1.165) is 49.9 Å². The summed E-state index contributed by atoms with van der Waals surface area (Å²) in [6.07, 6.45) is 7.20. The van der Waals surface area contributed by atoms with Crippen molar-refractivity contribution in [2.45, 2.75) is 64.5 Å². The molecule has 1 aliphatic rings. The van der Waals surface area contributed by atoms with Gasteiger partial charge in [0.2, 0.25) is 0 Å². The van der Waals surface area contributed by atoms with Gasteiger partial charge < -0.3 is 10.0 Å². The number of carbonyl (C=O) groups excluding carboxylic acids is 1. The molecule has 0 bridgehead atoms. The number of nitrogens with zero attached hydrogens (tertiary/aromatic N) is 3. The quantitative estimate of drug-likeness (QED) is 0.925. The van der Waals surface area contributed by atoms with Gasteiger partial charge in [-0.1, -0.05) is 19.8 Å². The molecule has 1 aliphatic heterocycles. The molecule has 5 nitrogen and oxygen atoms in total. The van der Waals surface area contributed by atoms with Gasteiger partial charge in [-0.25, -0.2) is 0 Å². The van der Waals surface area contributed by atoms with Crippen LogP contribution in [0.2, 0.25) is 0 Å². The van der Waals surface area contributed by atoms with Gasteiger partial charge in [-0.05, 0) is 32.6 Å². The monoisotopic (exact) mass is 293 g/mol. The van der Waals surface area contributed by atoms with Crippen LogP contribution in [0, 0.1) is 0 Å². The second-order valence-electron chi connectivity index (χ2n) is 6.10. The van der Waals surface area contributed by atoms with E-state index in [0.29, 0.717) is 6.42 Å². The summed E-state index contributed by atoms with van der Waals surface area (Å²) < 4.78 is 1.72. The van der Waals surface area contributed by atoms with Gasteiger partial charge in [0.25, 0.3) is 5.91 Å². The Morgan fingerprint density at radius 2 is 2.24 bits per heavy atom. The number of carbonyl (C=O) groups is 1. The largest absolute Gasteiger partial charge is 0.393 e. The number of rotatable bonds is 4. The van der Waals surface area contributed by atoms with Crippen molar-refractivity contribution in [3.8, 4) is 0 Å². The van der Waals surface area contributed by atoms with Crippen LogP contribution >= 0.6 is 0 Å². The Balaban J connectivity index is 2.24. The number of aliphatic hydroxyl groups excluding tert-OH is 1. The van der Waals surface area contributed by atoms with Gasteiger partial charge in [0.05, 0.1) is 17.4 Å². The third-order valence-corrected chi connectivity index (χ3v) is 4.22. The lowest BCUT2D eigenvalue weighted by molar-refractivity contribution is 0.0606. The smallest absolute Gasteiger partial charge is 0.257 e. The summed E-state index contributed by atoms with van der Waals surface area (Å²) in [6, 6.07) is 0.143. The van der Waals surface area contributed by atoms with Crippen LogP contribution in [-0.4, -0.2) is 44.4 Å². The minimum atomic E-state index is -0.372. The van der Waals surface area contributed by atoms with E-state index >= 15 is 0 Å². The zero-order valence-electron chi connectivity index (χ0n) is 13.4. The lowest BCUT2D eigenvalue weighted by Crippen LogP contribution is -2.41. The van der Waals surface area contributed by atoms with Crippen LogP contribution in [0.25, 0.3) is 0 Å². The maximum absolute atomic E-state index is 12.9. The molecule has 1 N–H and O–H groups in total. The average Bonchev–Trinajstić information content (AvgIpc) is 2.66. The fraction of sp³-hybridized carbons (Fsp3) is 0.750. The van der Waals surface area contributed by atoms with E-state index in [4.69, 9.17) is 0 Å². The van der Waals surface area contributed by atoms with Crippen LogP contribution in [0.4, 0.5) is 0 Å².